The lowest BCUT2D eigenvalue weighted by Gasteiger charge is -2.08. The molecule has 28 heavy (non-hydrogen) atoms. The van der Waals surface area contributed by atoms with Crippen molar-refractivity contribution < 1.29 is 19.0 Å². The van der Waals surface area contributed by atoms with Crippen LogP contribution in [-0.4, -0.2) is 32.3 Å². The van der Waals surface area contributed by atoms with Crippen molar-refractivity contribution in [3.05, 3.63) is 53.4 Å². The average molecular weight is 399 g/mol. The molecule has 3 aromatic rings. The first kappa shape index (κ1) is 19.5. The summed E-state index contributed by atoms with van der Waals surface area (Å²) in [5.41, 5.74) is 2.47. The topological polar surface area (TPSA) is 81.7 Å². The number of urea groups is 1. The number of nitrogens with one attached hydrogen (secondary N) is 2. The van der Waals surface area contributed by atoms with E-state index in [2.05, 4.69) is 15.6 Å². The van der Waals surface area contributed by atoms with Crippen molar-refractivity contribution in [1.82, 2.24) is 10.3 Å². The third-order valence-corrected chi connectivity index (χ3v) is 4.78. The summed E-state index contributed by atoms with van der Waals surface area (Å²) in [4.78, 5) is 16.6. The number of carbonyl (C=O) groups excluding carboxylic acids is 1. The molecule has 0 aliphatic heterocycles. The van der Waals surface area contributed by atoms with Gasteiger partial charge in [0.1, 0.15) is 17.2 Å². The average Bonchev–Trinajstić information content (AvgIpc) is 3.20. The third-order valence-electron chi connectivity index (χ3n) is 4.02. The first-order valence-electron chi connectivity index (χ1n) is 8.48. The molecule has 8 heteroatoms. The van der Waals surface area contributed by atoms with E-state index in [0.717, 1.165) is 16.9 Å². The number of methoxy groups -OCH3 is 3. The molecule has 146 valence electrons. The molecule has 0 spiro atoms. The first-order valence-corrected chi connectivity index (χ1v) is 9.36. The third kappa shape index (κ3) is 4.72. The number of rotatable bonds is 7. The molecule has 1 heterocycles. The highest BCUT2D eigenvalue weighted by molar-refractivity contribution is 7.14. The fourth-order valence-electron chi connectivity index (χ4n) is 2.54. The first-order chi connectivity index (χ1) is 13.6. The smallest absolute Gasteiger partial charge is 0.321 e. The maximum Gasteiger partial charge on any atom is 0.321 e. The molecule has 1 aromatic heterocycles. The molecular formula is C20H21N3O4S. The van der Waals surface area contributed by atoms with Crippen LogP contribution in [0.25, 0.3) is 11.3 Å². The quantitative estimate of drug-likeness (QED) is 0.624. The predicted molar refractivity (Wildman–Crippen MR) is 110 cm³/mol. The van der Waals surface area contributed by atoms with Crippen molar-refractivity contribution in [2.75, 3.05) is 26.6 Å². The summed E-state index contributed by atoms with van der Waals surface area (Å²) in [7, 11) is 4.82. The number of aromatic nitrogens is 1. The zero-order valence-electron chi connectivity index (χ0n) is 15.8. The highest BCUT2D eigenvalue weighted by Gasteiger charge is 2.13. The van der Waals surface area contributed by atoms with Gasteiger partial charge >= 0.3 is 6.03 Å². The van der Waals surface area contributed by atoms with Gasteiger partial charge in [-0.3, -0.25) is 5.32 Å². The van der Waals surface area contributed by atoms with Crippen LogP contribution in [0, 0.1) is 0 Å². The zero-order valence-corrected chi connectivity index (χ0v) is 16.6. The monoisotopic (exact) mass is 399 g/mol. The van der Waals surface area contributed by atoms with Crippen molar-refractivity contribution in [2.24, 2.45) is 0 Å². The van der Waals surface area contributed by atoms with Gasteiger partial charge in [0.25, 0.3) is 0 Å². The van der Waals surface area contributed by atoms with Crippen LogP contribution >= 0.6 is 11.3 Å². The number of nitrogens with zero attached hydrogens (tertiary/aromatic N) is 1. The van der Waals surface area contributed by atoms with Crippen LogP contribution in [0.1, 0.15) is 5.56 Å². The number of hydrogen-bond donors (Lipinski definition) is 2. The number of amides is 2. The predicted octanol–water partition coefficient (Wildman–Crippen LogP) is 4.16. The van der Waals surface area contributed by atoms with E-state index >= 15 is 0 Å². The molecule has 0 saturated heterocycles. The van der Waals surface area contributed by atoms with Crippen LogP contribution in [0.2, 0.25) is 0 Å². The number of carbonyl (C=O) groups is 1. The number of ether oxygens (including phenoxy) is 3. The van der Waals surface area contributed by atoms with E-state index in [9.17, 15) is 4.79 Å². The Bertz CT molecular complexity index is 941. The van der Waals surface area contributed by atoms with Crippen molar-refractivity contribution in [1.29, 1.82) is 0 Å². The van der Waals surface area contributed by atoms with Gasteiger partial charge in [-0.25, -0.2) is 9.78 Å². The Hall–Kier alpha value is -3.26. The standard InChI is InChI=1S/C20H21N3O4S/c1-25-14-6-4-13(5-7-14)11-21-19(24)23-20-22-17(12-28-20)16-10-15(26-2)8-9-18(16)27-3/h4-10,12H,11H2,1-3H3,(H2,21,22,23,24). The van der Waals surface area contributed by atoms with Gasteiger partial charge in [0.15, 0.2) is 5.13 Å². The second kappa shape index (κ2) is 9.09. The Morgan fingerprint density at radius 3 is 2.39 bits per heavy atom. The number of benzene rings is 2. The Morgan fingerprint density at radius 2 is 1.71 bits per heavy atom. The molecule has 7 nitrogen and oxygen atoms in total. The second-order valence-corrected chi connectivity index (χ2v) is 6.62. The molecule has 0 fully saturated rings. The van der Waals surface area contributed by atoms with Crippen LogP contribution in [-0.2, 0) is 6.54 Å². The summed E-state index contributed by atoms with van der Waals surface area (Å²) in [6, 6.07) is 12.7. The van der Waals surface area contributed by atoms with E-state index < -0.39 is 0 Å². The van der Waals surface area contributed by atoms with Gasteiger partial charge in [-0.05, 0) is 35.9 Å². The molecule has 3 rings (SSSR count). The normalized spacial score (nSPS) is 10.2. The second-order valence-electron chi connectivity index (χ2n) is 5.76. The minimum atomic E-state index is -0.325. The molecule has 0 atom stereocenters. The van der Waals surface area contributed by atoms with Crippen LogP contribution < -0.4 is 24.8 Å². The summed E-state index contributed by atoms with van der Waals surface area (Å²) in [6.45, 7) is 0.401. The lowest BCUT2D eigenvalue weighted by Crippen LogP contribution is -2.28. The minimum Gasteiger partial charge on any atom is -0.497 e. The highest BCUT2D eigenvalue weighted by atomic mass is 32.1. The summed E-state index contributed by atoms with van der Waals surface area (Å²) in [5, 5.41) is 7.91. The van der Waals surface area contributed by atoms with Crippen LogP contribution in [0.15, 0.2) is 47.8 Å². The number of thiazole rings is 1. The van der Waals surface area contributed by atoms with E-state index in [1.807, 2.05) is 47.8 Å². The summed E-state index contributed by atoms with van der Waals surface area (Å²) in [6.07, 6.45) is 0. The zero-order chi connectivity index (χ0) is 19.9. The molecule has 2 N–H and O–H groups in total. The van der Waals surface area contributed by atoms with Gasteiger partial charge in [0.05, 0.1) is 27.0 Å². The molecule has 0 unspecified atom stereocenters. The molecule has 0 saturated carbocycles. The SMILES string of the molecule is COc1ccc(CNC(=O)Nc2nc(-c3cc(OC)ccc3OC)cs2)cc1. The van der Waals surface area contributed by atoms with Gasteiger partial charge in [-0.1, -0.05) is 12.1 Å². The van der Waals surface area contributed by atoms with Crippen molar-refractivity contribution in [3.8, 4) is 28.5 Å². The van der Waals surface area contributed by atoms with Crippen molar-refractivity contribution >= 4 is 22.5 Å². The Kier molecular flexibility index (Phi) is 6.33. The summed E-state index contributed by atoms with van der Waals surface area (Å²) >= 11 is 1.34. The van der Waals surface area contributed by atoms with Crippen LogP contribution in [0.3, 0.4) is 0 Å². The summed E-state index contributed by atoms with van der Waals surface area (Å²) < 4.78 is 15.8. The molecule has 0 aliphatic carbocycles. The van der Waals surface area contributed by atoms with E-state index in [0.29, 0.717) is 28.9 Å². The lowest BCUT2D eigenvalue weighted by atomic mass is 10.1. The molecule has 0 radical (unpaired) electrons. The van der Waals surface area contributed by atoms with Gasteiger partial charge in [0.2, 0.25) is 0 Å². The van der Waals surface area contributed by atoms with Crippen molar-refractivity contribution in [3.63, 3.8) is 0 Å². The Balaban J connectivity index is 1.63. The van der Waals surface area contributed by atoms with E-state index in [1.54, 1.807) is 21.3 Å². The van der Waals surface area contributed by atoms with Crippen LogP contribution in [0.5, 0.6) is 17.2 Å². The largest absolute Gasteiger partial charge is 0.497 e. The fourth-order valence-corrected chi connectivity index (χ4v) is 3.24. The van der Waals surface area contributed by atoms with Gasteiger partial charge in [-0.2, -0.15) is 0 Å². The van der Waals surface area contributed by atoms with Crippen LogP contribution in [0.4, 0.5) is 9.93 Å². The Labute approximate surface area is 167 Å². The van der Waals surface area contributed by atoms with Gasteiger partial charge in [-0.15, -0.1) is 11.3 Å². The van der Waals surface area contributed by atoms with Crippen molar-refractivity contribution in [2.45, 2.75) is 6.54 Å². The highest BCUT2D eigenvalue weighted by Crippen LogP contribution is 2.34. The number of anilines is 1. The van der Waals surface area contributed by atoms with E-state index in [4.69, 9.17) is 14.2 Å². The minimum absolute atomic E-state index is 0.325. The lowest BCUT2D eigenvalue weighted by molar-refractivity contribution is 0.251. The molecule has 0 bridgehead atoms. The fraction of sp³-hybridized carbons (Fsp3) is 0.200. The van der Waals surface area contributed by atoms with Gasteiger partial charge < -0.3 is 19.5 Å². The van der Waals surface area contributed by atoms with E-state index in [1.165, 1.54) is 11.3 Å². The molecule has 2 aromatic carbocycles. The maximum absolute atomic E-state index is 12.2. The Morgan fingerprint density at radius 1 is 1.00 bits per heavy atom. The molecular weight excluding hydrogens is 378 g/mol. The molecule has 2 amide bonds. The summed E-state index contributed by atoms with van der Waals surface area (Å²) in [5.74, 6) is 2.16. The number of hydrogen-bond acceptors (Lipinski definition) is 6. The molecule has 0 aliphatic rings. The maximum atomic E-state index is 12.2. The van der Waals surface area contributed by atoms with Gasteiger partial charge in [0, 0.05) is 17.5 Å². The van der Waals surface area contributed by atoms with E-state index in [-0.39, 0.29) is 6.03 Å².